The average molecular weight is 530 g/mol. The number of benzene rings is 3. The molecule has 40 heavy (non-hydrogen) atoms. The van der Waals surface area contributed by atoms with E-state index in [4.69, 9.17) is 14.2 Å². The van der Waals surface area contributed by atoms with Gasteiger partial charge in [-0.25, -0.2) is 4.98 Å². The van der Waals surface area contributed by atoms with Crippen LogP contribution in [0.2, 0.25) is 0 Å². The summed E-state index contributed by atoms with van der Waals surface area (Å²) >= 11 is 0. The second-order valence-electron chi connectivity index (χ2n) is 10.3. The van der Waals surface area contributed by atoms with Crippen molar-refractivity contribution < 1.29 is 14.1 Å². The van der Waals surface area contributed by atoms with Gasteiger partial charge in [-0.05, 0) is 55.5 Å². The molecular formula is C34H31N3O3. The smallest absolute Gasteiger partial charge is 0.306 e. The summed E-state index contributed by atoms with van der Waals surface area (Å²) in [7, 11) is 0. The van der Waals surface area contributed by atoms with Crippen LogP contribution in [0.15, 0.2) is 102 Å². The van der Waals surface area contributed by atoms with Crippen molar-refractivity contribution in [2.45, 2.75) is 38.5 Å². The van der Waals surface area contributed by atoms with Crippen molar-refractivity contribution in [3.63, 3.8) is 0 Å². The number of rotatable bonds is 9. The van der Waals surface area contributed by atoms with Gasteiger partial charge in [0.15, 0.2) is 5.76 Å². The molecule has 2 heterocycles. The van der Waals surface area contributed by atoms with Crippen LogP contribution in [0.5, 0.6) is 0 Å². The number of aryl methyl sites for hydroxylation is 1. The van der Waals surface area contributed by atoms with Crippen molar-refractivity contribution in [1.29, 1.82) is 0 Å². The highest BCUT2D eigenvalue weighted by atomic mass is 16.5. The second-order valence-corrected chi connectivity index (χ2v) is 10.3. The van der Waals surface area contributed by atoms with Crippen LogP contribution in [0.4, 0.5) is 11.5 Å². The third-order valence-electron chi connectivity index (χ3n) is 7.55. The molecule has 0 spiro atoms. The number of hydrogen-bond donors (Lipinski definition) is 1. The molecule has 0 unspecified atom stereocenters. The molecule has 5 aromatic rings. The lowest BCUT2D eigenvalue weighted by molar-refractivity contribution is -0.143. The predicted octanol–water partition coefficient (Wildman–Crippen LogP) is 8.11. The number of anilines is 2. The van der Waals surface area contributed by atoms with Gasteiger partial charge < -0.3 is 14.6 Å². The fourth-order valence-corrected chi connectivity index (χ4v) is 5.15. The van der Waals surface area contributed by atoms with Crippen molar-refractivity contribution >= 4 is 17.5 Å². The van der Waals surface area contributed by atoms with E-state index in [-0.39, 0.29) is 11.4 Å². The van der Waals surface area contributed by atoms with E-state index in [1.54, 1.807) is 0 Å². The molecule has 0 saturated heterocycles. The van der Waals surface area contributed by atoms with Gasteiger partial charge in [-0.15, -0.1) is 0 Å². The number of ether oxygens (including phenoxy) is 1. The van der Waals surface area contributed by atoms with E-state index in [1.165, 1.54) is 5.56 Å². The molecule has 1 saturated carbocycles. The first-order valence-corrected chi connectivity index (χ1v) is 13.7. The Bertz CT molecular complexity index is 1620. The Morgan fingerprint density at radius 1 is 0.850 bits per heavy atom. The van der Waals surface area contributed by atoms with Crippen LogP contribution >= 0.6 is 0 Å². The minimum atomic E-state index is -0.115. The van der Waals surface area contributed by atoms with E-state index < -0.39 is 0 Å². The minimum absolute atomic E-state index is 0.0579. The van der Waals surface area contributed by atoms with Crippen molar-refractivity contribution in [3.05, 3.63) is 108 Å². The molecule has 0 bridgehead atoms. The highest BCUT2D eigenvalue weighted by Crippen LogP contribution is 2.51. The summed E-state index contributed by atoms with van der Waals surface area (Å²) in [5.41, 5.74) is 7.81. The minimum Gasteiger partial charge on any atom is -0.466 e. The van der Waals surface area contributed by atoms with Crippen LogP contribution in [0.25, 0.3) is 33.7 Å². The fraction of sp³-hybridized carbons (Fsp3) is 0.206. The Balaban J connectivity index is 1.19. The fourth-order valence-electron chi connectivity index (χ4n) is 5.15. The van der Waals surface area contributed by atoms with Crippen molar-refractivity contribution in [1.82, 2.24) is 10.1 Å². The zero-order valence-corrected chi connectivity index (χ0v) is 22.7. The third kappa shape index (κ3) is 5.25. The topological polar surface area (TPSA) is 77.2 Å². The van der Waals surface area contributed by atoms with E-state index in [0.29, 0.717) is 18.8 Å². The zero-order chi connectivity index (χ0) is 27.5. The Morgan fingerprint density at radius 3 is 2.20 bits per heavy atom. The van der Waals surface area contributed by atoms with E-state index in [0.717, 1.165) is 58.0 Å². The molecule has 6 nitrogen and oxygen atoms in total. The molecule has 0 atom stereocenters. The number of hydrogen-bond acceptors (Lipinski definition) is 6. The van der Waals surface area contributed by atoms with Crippen molar-refractivity contribution in [2.75, 3.05) is 11.9 Å². The molecule has 0 amide bonds. The summed E-state index contributed by atoms with van der Waals surface area (Å²) in [5, 5.41) is 7.65. The molecule has 0 aliphatic heterocycles. The van der Waals surface area contributed by atoms with Gasteiger partial charge in [0.25, 0.3) is 0 Å². The van der Waals surface area contributed by atoms with Crippen LogP contribution in [-0.2, 0) is 14.9 Å². The van der Waals surface area contributed by atoms with E-state index in [2.05, 4.69) is 46.9 Å². The number of carbonyl (C=O) groups excluding carboxylic acids is 1. The Hall–Kier alpha value is -4.71. The highest BCUT2D eigenvalue weighted by molar-refractivity contribution is 5.79. The predicted molar refractivity (Wildman–Crippen MR) is 157 cm³/mol. The lowest BCUT2D eigenvalue weighted by Crippen LogP contribution is -2.15. The molecule has 1 aliphatic carbocycles. The van der Waals surface area contributed by atoms with E-state index >= 15 is 0 Å². The summed E-state index contributed by atoms with van der Waals surface area (Å²) in [5.74, 6) is 1.28. The molecule has 200 valence electrons. The van der Waals surface area contributed by atoms with E-state index in [1.807, 2.05) is 74.5 Å². The zero-order valence-electron chi connectivity index (χ0n) is 22.7. The number of pyridine rings is 1. The summed E-state index contributed by atoms with van der Waals surface area (Å²) in [6.07, 6.45) is 2.51. The van der Waals surface area contributed by atoms with Crippen LogP contribution in [0.1, 0.15) is 37.4 Å². The Kier molecular flexibility index (Phi) is 6.91. The van der Waals surface area contributed by atoms with Crippen LogP contribution < -0.4 is 5.32 Å². The maximum Gasteiger partial charge on any atom is 0.306 e. The molecule has 2 aromatic heterocycles. The standard InChI is InChI=1S/C34H31N3O3/c1-3-39-31(38)22-34(20-21-34)28-18-16-25(17-19-28)24-12-14-27(15-13-24)33-32(23(2)37-40-33)36-30-11-7-10-29(35-30)26-8-5-4-6-9-26/h4-19H,3,20-22H2,1-2H3,(H,35,36). The van der Waals surface area contributed by atoms with E-state index in [9.17, 15) is 4.79 Å². The highest BCUT2D eigenvalue weighted by Gasteiger charge is 2.46. The Labute approximate surface area is 234 Å². The normalized spacial score (nSPS) is 13.6. The number of esters is 1. The lowest BCUT2D eigenvalue weighted by Gasteiger charge is -2.15. The molecule has 1 aliphatic rings. The largest absolute Gasteiger partial charge is 0.466 e. The lowest BCUT2D eigenvalue weighted by atomic mass is 9.91. The third-order valence-corrected chi connectivity index (χ3v) is 7.55. The van der Waals surface area contributed by atoms with Gasteiger partial charge in [0.05, 0.1) is 18.7 Å². The van der Waals surface area contributed by atoms with Crippen LogP contribution in [0.3, 0.4) is 0 Å². The first-order valence-electron chi connectivity index (χ1n) is 13.7. The maximum absolute atomic E-state index is 12.1. The number of nitrogens with zero attached hydrogens (tertiary/aromatic N) is 2. The summed E-state index contributed by atoms with van der Waals surface area (Å²) in [6, 6.07) is 32.9. The van der Waals surface area contributed by atoms with Crippen molar-refractivity contribution in [3.8, 4) is 33.7 Å². The van der Waals surface area contributed by atoms with Gasteiger partial charge in [-0.1, -0.05) is 90.1 Å². The molecule has 1 N–H and O–H groups in total. The van der Waals surface area contributed by atoms with Crippen LogP contribution in [-0.4, -0.2) is 22.7 Å². The van der Waals surface area contributed by atoms with Gasteiger partial charge in [0, 0.05) is 16.5 Å². The monoisotopic (exact) mass is 529 g/mol. The van der Waals surface area contributed by atoms with Gasteiger partial charge in [0.2, 0.25) is 0 Å². The first kappa shape index (κ1) is 25.6. The van der Waals surface area contributed by atoms with Crippen molar-refractivity contribution in [2.24, 2.45) is 0 Å². The summed E-state index contributed by atoms with van der Waals surface area (Å²) in [6.45, 7) is 4.19. The number of aromatic nitrogens is 2. The summed E-state index contributed by atoms with van der Waals surface area (Å²) in [4.78, 5) is 16.9. The Morgan fingerprint density at radius 2 is 1.52 bits per heavy atom. The number of carbonyl (C=O) groups is 1. The van der Waals surface area contributed by atoms with Gasteiger partial charge in [-0.3, -0.25) is 4.79 Å². The first-order chi connectivity index (χ1) is 19.5. The molecule has 1 fully saturated rings. The quantitative estimate of drug-likeness (QED) is 0.194. The van der Waals surface area contributed by atoms with Gasteiger partial charge >= 0.3 is 5.97 Å². The van der Waals surface area contributed by atoms with Gasteiger partial charge in [-0.2, -0.15) is 0 Å². The summed E-state index contributed by atoms with van der Waals surface area (Å²) < 4.78 is 10.9. The molecule has 3 aromatic carbocycles. The van der Waals surface area contributed by atoms with Crippen LogP contribution in [0, 0.1) is 6.92 Å². The van der Waals surface area contributed by atoms with Gasteiger partial charge in [0.1, 0.15) is 17.2 Å². The molecular weight excluding hydrogens is 498 g/mol. The number of nitrogens with one attached hydrogen (secondary N) is 1. The molecule has 6 rings (SSSR count). The average Bonchev–Trinajstić information content (AvgIpc) is 3.69. The molecule has 0 radical (unpaired) electrons. The maximum atomic E-state index is 12.1. The molecule has 6 heteroatoms. The SMILES string of the molecule is CCOC(=O)CC1(c2ccc(-c3ccc(-c4onc(C)c4Nc4cccc(-c5ccccc5)n4)cc3)cc2)CC1. The second kappa shape index (κ2) is 10.8.